The average Bonchev–Trinajstić information content (AvgIpc) is 3.20. The highest BCUT2D eigenvalue weighted by atomic mass is 16.5. The maximum absolute atomic E-state index is 12.9. The molecule has 0 unspecified atom stereocenters. The number of hydrogen-bond acceptors (Lipinski definition) is 5. The summed E-state index contributed by atoms with van der Waals surface area (Å²) in [5.41, 5.74) is 0.805. The third-order valence-electron chi connectivity index (χ3n) is 4.29. The van der Waals surface area contributed by atoms with Gasteiger partial charge in [-0.1, -0.05) is 27.2 Å². The van der Waals surface area contributed by atoms with Crippen LogP contribution in [0.1, 0.15) is 73.2 Å². The molecule has 0 aliphatic carbocycles. The van der Waals surface area contributed by atoms with Crippen molar-refractivity contribution in [3.63, 3.8) is 0 Å². The zero-order valence-corrected chi connectivity index (χ0v) is 17.6. The molecule has 1 heterocycles. The summed E-state index contributed by atoms with van der Waals surface area (Å²) in [5.74, 6) is 0.719. The molecule has 0 atom stereocenters. The number of hydrogen-bond donors (Lipinski definition) is 1. The Balaban J connectivity index is 2.02. The maximum atomic E-state index is 12.9. The lowest BCUT2D eigenvalue weighted by Crippen LogP contribution is -2.31. The van der Waals surface area contributed by atoms with Crippen LogP contribution in [0, 0.1) is 0 Å². The second kappa shape index (κ2) is 11.9. The number of aromatic nitrogens is 1. The van der Waals surface area contributed by atoms with Crippen LogP contribution in [-0.2, 0) is 6.54 Å². The van der Waals surface area contributed by atoms with Crippen molar-refractivity contribution in [3.8, 4) is 5.75 Å². The van der Waals surface area contributed by atoms with Gasteiger partial charge in [0, 0.05) is 18.7 Å². The van der Waals surface area contributed by atoms with Crippen LogP contribution in [0.4, 0.5) is 0 Å². The van der Waals surface area contributed by atoms with Gasteiger partial charge in [0.15, 0.2) is 5.69 Å². The molecule has 0 radical (unpaired) electrons. The number of unbranched alkanes of at least 4 members (excludes halogenated alkanes) is 1. The Morgan fingerprint density at radius 2 is 1.86 bits per heavy atom. The van der Waals surface area contributed by atoms with Crippen molar-refractivity contribution in [2.75, 3.05) is 19.7 Å². The topological polar surface area (TPSA) is 84.7 Å². The number of nitrogens with zero attached hydrogens (tertiary/aromatic N) is 2. The highest BCUT2D eigenvalue weighted by Gasteiger charge is 2.19. The largest absolute Gasteiger partial charge is 0.494 e. The quantitative estimate of drug-likeness (QED) is 0.543. The lowest BCUT2D eigenvalue weighted by atomic mass is 10.2. The zero-order chi connectivity index (χ0) is 21.1. The van der Waals surface area contributed by atoms with Gasteiger partial charge in [-0.2, -0.15) is 0 Å². The van der Waals surface area contributed by atoms with Gasteiger partial charge < -0.3 is 19.4 Å². The first-order valence-corrected chi connectivity index (χ1v) is 10.3. The fraction of sp³-hybridized carbons (Fsp3) is 0.500. The van der Waals surface area contributed by atoms with Gasteiger partial charge >= 0.3 is 0 Å². The minimum Gasteiger partial charge on any atom is -0.494 e. The maximum Gasteiger partial charge on any atom is 0.273 e. The third-order valence-corrected chi connectivity index (χ3v) is 4.29. The summed E-state index contributed by atoms with van der Waals surface area (Å²) >= 11 is 0. The van der Waals surface area contributed by atoms with Crippen molar-refractivity contribution in [1.29, 1.82) is 0 Å². The van der Waals surface area contributed by atoms with Crippen molar-refractivity contribution in [1.82, 2.24) is 15.2 Å². The Hall–Kier alpha value is -2.83. The molecule has 0 aliphatic heterocycles. The van der Waals surface area contributed by atoms with E-state index in [1.54, 1.807) is 17.0 Å². The van der Waals surface area contributed by atoms with E-state index >= 15 is 0 Å². The summed E-state index contributed by atoms with van der Waals surface area (Å²) in [6.45, 7) is 8.12. The molecule has 0 fully saturated rings. The lowest BCUT2D eigenvalue weighted by molar-refractivity contribution is 0.0728. The summed E-state index contributed by atoms with van der Waals surface area (Å²) in [5, 5.41) is 2.76. The Labute approximate surface area is 172 Å². The number of carbonyl (C=O) groups is 2. The molecule has 0 bridgehead atoms. The van der Waals surface area contributed by atoms with Crippen molar-refractivity contribution in [2.24, 2.45) is 0 Å². The zero-order valence-electron chi connectivity index (χ0n) is 17.6. The number of nitrogens with one attached hydrogen (secondary N) is 1. The van der Waals surface area contributed by atoms with Gasteiger partial charge in [0.1, 0.15) is 12.0 Å². The second-order valence-corrected chi connectivity index (χ2v) is 6.84. The van der Waals surface area contributed by atoms with Crippen LogP contribution in [0.3, 0.4) is 0 Å². The molecule has 29 heavy (non-hydrogen) atoms. The van der Waals surface area contributed by atoms with Crippen LogP contribution in [0.2, 0.25) is 0 Å². The highest BCUT2D eigenvalue weighted by molar-refractivity contribution is 5.94. The molecular weight excluding hydrogens is 370 g/mol. The predicted molar refractivity (Wildman–Crippen MR) is 111 cm³/mol. The minimum absolute atomic E-state index is 0.109. The van der Waals surface area contributed by atoms with Crippen LogP contribution in [-0.4, -0.2) is 41.4 Å². The molecule has 158 valence electrons. The van der Waals surface area contributed by atoms with Gasteiger partial charge in [0.05, 0.1) is 13.2 Å². The summed E-state index contributed by atoms with van der Waals surface area (Å²) in [6.07, 6.45) is 5.05. The molecular formula is C22H31N3O4. The summed E-state index contributed by atoms with van der Waals surface area (Å²) < 4.78 is 11.1. The fourth-order valence-electron chi connectivity index (χ4n) is 2.71. The van der Waals surface area contributed by atoms with Crippen LogP contribution in [0.5, 0.6) is 5.75 Å². The smallest absolute Gasteiger partial charge is 0.273 e. The van der Waals surface area contributed by atoms with Gasteiger partial charge in [-0.05, 0) is 43.5 Å². The predicted octanol–water partition coefficient (Wildman–Crippen LogP) is 4.05. The highest BCUT2D eigenvalue weighted by Crippen LogP contribution is 2.16. The Bertz CT molecular complexity index is 771. The Kier molecular flexibility index (Phi) is 9.21. The van der Waals surface area contributed by atoms with Crippen LogP contribution < -0.4 is 10.1 Å². The Morgan fingerprint density at radius 1 is 1.10 bits per heavy atom. The summed E-state index contributed by atoms with van der Waals surface area (Å²) in [6, 6.07) is 7.17. The lowest BCUT2D eigenvalue weighted by Gasteiger charge is -2.20. The molecule has 0 aliphatic rings. The van der Waals surface area contributed by atoms with Gasteiger partial charge in [0.2, 0.25) is 5.89 Å². The molecule has 0 spiro atoms. The molecule has 1 N–H and O–H groups in total. The van der Waals surface area contributed by atoms with Crippen molar-refractivity contribution < 1.29 is 18.7 Å². The molecule has 2 amide bonds. The minimum atomic E-state index is -0.270. The van der Waals surface area contributed by atoms with E-state index in [1.165, 1.54) is 6.26 Å². The van der Waals surface area contributed by atoms with Crippen molar-refractivity contribution in [3.05, 3.63) is 47.7 Å². The number of amides is 2. The van der Waals surface area contributed by atoms with E-state index in [2.05, 4.69) is 17.2 Å². The average molecular weight is 402 g/mol. The number of oxazole rings is 1. The van der Waals surface area contributed by atoms with Crippen LogP contribution in [0.25, 0.3) is 0 Å². The molecule has 1 aromatic carbocycles. The first kappa shape index (κ1) is 22.5. The first-order valence-electron chi connectivity index (χ1n) is 10.3. The standard InChI is InChI=1S/C22H31N3O4/c1-4-7-14-28-18-10-8-17(9-11-18)22(27)25(13-6-3)15-20-24-19(16-29-20)21(26)23-12-5-2/h8-11,16H,4-7,12-15H2,1-3H3,(H,23,26). The summed E-state index contributed by atoms with van der Waals surface area (Å²) in [7, 11) is 0. The van der Waals surface area contributed by atoms with Gasteiger partial charge in [-0.3, -0.25) is 9.59 Å². The van der Waals surface area contributed by atoms with Crippen molar-refractivity contribution >= 4 is 11.8 Å². The van der Waals surface area contributed by atoms with Crippen LogP contribution in [0.15, 0.2) is 34.9 Å². The van der Waals surface area contributed by atoms with Gasteiger partial charge in [-0.25, -0.2) is 4.98 Å². The number of carbonyl (C=O) groups excluding carboxylic acids is 2. The molecule has 0 saturated carbocycles. The molecule has 7 heteroatoms. The van der Waals surface area contributed by atoms with Crippen molar-refractivity contribution in [2.45, 2.75) is 53.0 Å². The van der Waals surface area contributed by atoms with E-state index in [9.17, 15) is 9.59 Å². The molecule has 1 aromatic heterocycles. The molecule has 7 nitrogen and oxygen atoms in total. The van der Waals surface area contributed by atoms with E-state index < -0.39 is 0 Å². The third kappa shape index (κ3) is 6.93. The monoisotopic (exact) mass is 401 g/mol. The molecule has 0 saturated heterocycles. The van der Waals surface area contributed by atoms with E-state index in [4.69, 9.17) is 9.15 Å². The fourth-order valence-corrected chi connectivity index (χ4v) is 2.71. The number of rotatable bonds is 12. The van der Waals surface area contributed by atoms with E-state index in [0.29, 0.717) is 31.2 Å². The van der Waals surface area contributed by atoms with E-state index in [1.807, 2.05) is 26.0 Å². The second-order valence-electron chi connectivity index (χ2n) is 6.84. The molecule has 2 rings (SSSR count). The van der Waals surface area contributed by atoms with Gasteiger partial charge in [0.25, 0.3) is 11.8 Å². The van der Waals surface area contributed by atoms with E-state index in [-0.39, 0.29) is 24.1 Å². The normalized spacial score (nSPS) is 10.6. The Morgan fingerprint density at radius 3 is 2.52 bits per heavy atom. The van der Waals surface area contributed by atoms with E-state index in [0.717, 1.165) is 31.4 Å². The van der Waals surface area contributed by atoms with Crippen LogP contribution >= 0.6 is 0 Å². The summed E-state index contributed by atoms with van der Waals surface area (Å²) in [4.78, 5) is 30.8. The first-order chi connectivity index (χ1) is 14.1. The van der Waals surface area contributed by atoms with Gasteiger partial charge in [-0.15, -0.1) is 0 Å². The number of benzene rings is 1. The number of ether oxygens (including phenoxy) is 1. The molecule has 2 aromatic rings. The SMILES string of the molecule is CCCCOc1ccc(C(=O)N(CCC)Cc2nc(C(=O)NCCC)co2)cc1.